The van der Waals surface area contributed by atoms with E-state index in [0.717, 1.165) is 0 Å². The van der Waals surface area contributed by atoms with Gasteiger partial charge in [-0.05, 0) is 13.1 Å². The lowest BCUT2D eigenvalue weighted by Gasteiger charge is -2.23. The van der Waals surface area contributed by atoms with E-state index in [1.54, 1.807) is 4.90 Å². The average Bonchev–Trinajstić information content (AvgIpc) is 2.12. The summed E-state index contributed by atoms with van der Waals surface area (Å²) in [6.07, 6.45) is -4.44. The molecule has 0 heterocycles. The lowest BCUT2D eigenvalue weighted by atomic mass is 10.2. The molecule has 2 nitrogen and oxygen atoms in total. The summed E-state index contributed by atoms with van der Waals surface area (Å²) >= 11 is 0. The van der Waals surface area contributed by atoms with E-state index in [2.05, 4.69) is 0 Å². The monoisotopic (exact) mass is 198 g/mol. The van der Waals surface area contributed by atoms with Gasteiger partial charge in [0.25, 0.3) is 6.43 Å². The second-order valence-electron chi connectivity index (χ2n) is 2.91. The van der Waals surface area contributed by atoms with E-state index < -0.39 is 18.6 Å². The average molecular weight is 198 g/mol. The van der Waals surface area contributed by atoms with Gasteiger partial charge in [0.1, 0.15) is 6.17 Å². The summed E-state index contributed by atoms with van der Waals surface area (Å²) in [6.45, 7) is 4.98. The third-order valence-corrected chi connectivity index (χ3v) is 2.04. The van der Waals surface area contributed by atoms with E-state index in [9.17, 15) is 13.2 Å². The first-order valence-corrected chi connectivity index (χ1v) is 4.43. The van der Waals surface area contributed by atoms with Crippen LogP contribution in [-0.4, -0.2) is 43.2 Å². The minimum Gasteiger partial charge on any atom is -0.320 e. The molecule has 0 saturated carbocycles. The smallest absolute Gasteiger partial charge is 0.256 e. The van der Waals surface area contributed by atoms with Crippen LogP contribution in [0.5, 0.6) is 0 Å². The van der Waals surface area contributed by atoms with Crippen molar-refractivity contribution in [1.82, 2.24) is 4.90 Å². The second-order valence-corrected chi connectivity index (χ2v) is 2.91. The molecule has 2 atom stereocenters. The first-order chi connectivity index (χ1) is 6.02. The van der Waals surface area contributed by atoms with E-state index in [1.165, 1.54) is 0 Å². The normalized spacial score (nSPS) is 16.6. The van der Waals surface area contributed by atoms with Gasteiger partial charge in [0.05, 0.1) is 6.04 Å². The van der Waals surface area contributed by atoms with Crippen LogP contribution in [0.25, 0.3) is 0 Å². The minimum atomic E-state index is -2.79. The molecule has 0 aromatic rings. The summed E-state index contributed by atoms with van der Waals surface area (Å²) < 4.78 is 36.9. The molecule has 0 spiro atoms. The van der Waals surface area contributed by atoms with E-state index in [4.69, 9.17) is 5.73 Å². The summed E-state index contributed by atoms with van der Waals surface area (Å²) in [4.78, 5) is 1.73. The zero-order valence-corrected chi connectivity index (χ0v) is 8.01. The van der Waals surface area contributed by atoms with E-state index in [1.807, 2.05) is 13.8 Å². The summed E-state index contributed by atoms with van der Waals surface area (Å²) in [6, 6.07) is -1.67. The van der Waals surface area contributed by atoms with Crippen molar-refractivity contribution in [3.63, 3.8) is 0 Å². The Bertz CT molecular complexity index is 129. The summed E-state index contributed by atoms with van der Waals surface area (Å²) in [5.74, 6) is 0. The van der Waals surface area contributed by atoms with Crippen LogP contribution in [0.3, 0.4) is 0 Å². The van der Waals surface area contributed by atoms with Crippen molar-refractivity contribution in [3.05, 3.63) is 0 Å². The number of hydrogen-bond acceptors (Lipinski definition) is 2. The molecule has 0 aromatic heterocycles. The lowest BCUT2D eigenvalue weighted by Crippen LogP contribution is -2.45. The standard InChI is InChI=1S/C8H17F3N2/c1-3-13(4-2)5-6(9)7(12)8(10)11/h6-8H,3-5,12H2,1-2H3. The fraction of sp³-hybridized carbons (Fsp3) is 1.00. The van der Waals surface area contributed by atoms with Crippen LogP contribution < -0.4 is 5.73 Å². The molecule has 0 radical (unpaired) electrons. The number of hydrogen-bond donors (Lipinski definition) is 1. The Hall–Kier alpha value is -0.290. The maximum Gasteiger partial charge on any atom is 0.256 e. The fourth-order valence-electron chi connectivity index (χ4n) is 1.01. The number of halogens is 3. The van der Waals surface area contributed by atoms with Gasteiger partial charge in [0, 0.05) is 6.54 Å². The molecular formula is C8H17F3N2. The molecule has 0 saturated heterocycles. The summed E-state index contributed by atoms with van der Waals surface area (Å²) in [5, 5.41) is 0. The van der Waals surface area contributed by atoms with Gasteiger partial charge in [-0.15, -0.1) is 0 Å². The van der Waals surface area contributed by atoms with Gasteiger partial charge < -0.3 is 10.6 Å². The Labute approximate surface area is 76.9 Å². The van der Waals surface area contributed by atoms with Crippen molar-refractivity contribution in [3.8, 4) is 0 Å². The highest BCUT2D eigenvalue weighted by molar-refractivity contribution is 4.77. The number of nitrogens with zero attached hydrogens (tertiary/aromatic N) is 1. The Morgan fingerprint density at radius 2 is 1.62 bits per heavy atom. The highest BCUT2D eigenvalue weighted by Gasteiger charge is 2.26. The third kappa shape index (κ3) is 4.47. The summed E-state index contributed by atoms with van der Waals surface area (Å²) in [7, 11) is 0. The van der Waals surface area contributed by atoms with Crippen LogP contribution in [0.2, 0.25) is 0 Å². The van der Waals surface area contributed by atoms with Gasteiger partial charge in [0.15, 0.2) is 0 Å². The van der Waals surface area contributed by atoms with Gasteiger partial charge >= 0.3 is 0 Å². The maximum absolute atomic E-state index is 13.0. The molecule has 0 amide bonds. The van der Waals surface area contributed by atoms with Gasteiger partial charge in [0.2, 0.25) is 0 Å². The van der Waals surface area contributed by atoms with Crippen molar-refractivity contribution < 1.29 is 13.2 Å². The van der Waals surface area contributed by atoms with E-state index in [-0.39, 0.29) is 6.54 Å². The van der Waals surface area contributed by atoms with Crippen LogP contribution >= 0.6 is 0 Å². The Morgan fingerprint density at radius 3 is 1.92 bits per heavy atom. The Kier molecular flexibility index (Phi) is 6.07. The van der Waals surface area contributed by atoms with Crippen LogP contribution in [0.15, 0.2) is 0 Å². The second kappa shape index (κ2) is 6.21. The molecule has 2 unspecified atom stereocenters. The molecule has 0 rings (SSSR count). The van der Waals surface area contributed by atoms with Crippen molar-refractivity contribution >= 4 is 0 Å². The predicted octanol–water partition coefficient (Wildman–Crippen LogP) is 1.26. The predicted molar refractivity (Wildman–Crippen MR) is 46.7 cm³/mol. The quantitative estimate of drug-likeness (QED) is 0.696. The maximum atomic E-state index is 13.0. The SMILES string of the molecule is CCN(CC)CC(F)C(N)C(F)F. The number of rotatable bonds is 6. The number of nitrogens with two attached hydrogens (primary N) is 1. The molecule has 2 N–H and O–H groups in total. The number of alkyl halides is 3. The molecule has 0 bridgehead atoms. The molecule has 80 valence electrons. The molecule has 0 aliphatic carbocycles. The van der Waals surface area contributed by atoms with Crippen LogP contribution in [0.4, 0.5) is 13.2 Å². The van der Waals surface area contributed by atoms with Gasteiger partial charge in [-0.25, -0.2) is 13.2 Å². The highest BCUT2D eigenvalue weighted by atomic mass is 19.3. The zero-order chi connectivity index (χ0) is 10.4. The molecule has 0 aliphatic rings. The van der Waals surface area contributed by atoms with E-state index in [0.29, 0.717) is 13.1 Å². The van der Waals surface area contributed by atoms with Crippen molar-refractivity contribution in [1.29, 1.82) is 0 Å². The van der Waals surface area contributed by atoms with Gasteiger partial charge in [-0.2, -0.15) is 0 Å². The minimum absolute atomic E-state index is 0.0154. The largest absolute Gasteiger partial charge is 0.320 e. The molecule has 0 aromatic carbocycles. The van der Waals surface area contributed by atoms with Crippen LogP contribution in [-0.2, 0) is 0 Å². The first kappa shape index (κ1) is 12.7. The van der Waals surface area contributed by atoms with Crippen LogP contribution in [0.1, 0.15) is 13.8 Å². The molecule has 5 heteroatoms. The van der Waals surface area contributed by atoms with Crippen molar-refractivity contribution in [2.24, 2.45) is 5.73 Å². The first-order valence-electron chi connectivity index (χ1n) is 4.43. The lowest BCUT2D eigenvalue weighted by molar-refractivity contribution is 0.0596. The zero-order valence-electron chi connectivity index (χ0n) is 8.01. The fourth-order valence-corrected chi connectivity index (χ4v) is 1.01. The van der Waals surface area contributed by atoms with Gasteiger partial charge in [-0.3, -0.25) is 0 Å². The topological polar surface area (TPSA) is 29.3 Å². The Morgan fingerprint density at radius 1 is 1.15 bits per heavy atom. The molecule has 0 aliphatic heterocycles. The van der Waals surface area contributed by atoms with Crippen molar-refractivity contribution in [2.75, 3.05) is 19.6 Å². The molecule has 13 heavy (non-hydrogen) atoms. The molecular weight excluding hydrogens is 181 g/mol. The highest BCUT2D eigenvalue weighted by Crippen LogP contribution is 2.08. The molecule has 0 fully saturated rings. The Balaban J connectivity index is 3.89. The summed E-state index contributed by atoms with van der Waals surface area (Å²) in [5.41, 5.74) is 4.97. The van der Waals surface area contributed by atoms with Gasteiger partial charge in [-0.1, -0.05) is 13.8 Å². The van der Waals surface area contributed by atoms with Crippen LogP contribution in [0, 0.1) is 0 Å². The third-order valence-electron chi connectivity index (χ3n) is 2.04. The van der Waals surface area contributed by atoms with E-state index >= 15 is 0 Å². The van der Waals surface area contributed by atoms with Crippen molar-refractivity contribution in [2.45, 2.75) is 32.5 Å².